The summed E-state index contributed by atoms with van der Waals surface area (Å²) in [5.74, 6) is 4.21. The SMILES string of the molecule is CN(C(=N)N(C)C1C2CC3CC(C2)CC1C3)c1ccc2ccccc2c1. The Morgan fingerprint density at radius 1 is 0.846 bits per heavy atom. The summed E-state index contributed by atoms with van der Waals surface area (Å²) in [6.07, 6.45) is 7.08. The Balaban J connectivity index is 1.38. The van der Waals surface area contributed by atoms with Gasteiger partial charge in [-0.1, -0.05) is 30.3 Å². The Morgan fingerprint density at radius 3 is 2.12 bits per heavy atom. The van der Waals surface area contributed by atoms with Gasteiger partial charge in [-0.2, -0.15) is 0 Å². The van der Waals surface area contributed by atoms with Gasteiger partial charge in [0.05, 0.1) is 0 Å². The van der Waals surface area contributed by atoms with Gasteiger partial charge in [0.1, 0.15) is 0 Å². The molecule has 4 saturated carbocycles. The number of fused-ring (bicyclic) bond motifs is 1. The second-order valence-electron chi connectivity index (χ2n) is 8.95. The van der Waals surface area contributed by atoms with E-state index in [4.69, 9.17) is 5.41 Å². The van der Waals surface area contributed by atoms with E-state index in [1.165, 1.54) is 42.9 Å². The van der Waals surface area contributed by atoms with E-state index in [0.29, 0.717) is 12.0 Å². The van der Waals surface area contributed by atoms with Crippen molar-refractivity contribution in [2.24, 2.45) is 23.7 Å². The summed E-state index contributed by atoms with van der Waals surface area (Å²) in [5, 5.41) is 11.4. The standard InChI is InChI=1S/C23H29N3/c1-25(21-8-7-17-5-3-4-6-18(17)14-21)23(24)26(2)22-19-10-15-9-16(12-19)13-20(22)11-15/h3-8,14-16,19-20,22,24H,9-13H2,1-2H3. The Bertz CT molecular complexity index is 814. The van der Waals surface area contributed by atoms with Crippen molar-refractivity contribution < 1.29 is 0 Å². The fourth-order valence-electron chi connectivity index (χ4n) is 6.41. The molecule has 1 N–H and O–H groups in total. The summed E-state index contributed by atoms with van der Waals surface area (Å²) in [6, 6.07) is 15.5. The van der Waals surface area contributed by atoms with Crippen LogP contribution < -0.4 is 4.90 Å². The van der Waals surface area contributed by atoms with E-state index in [2.05, 4.69) is 59.3 Å². The molecule has 0 spiro atoms. The average molecular weight is 348 g/mol. The summed E-state index contributed by atoms with van der Waals surface area (Å²) in [7, 11) is 4.20. The fourth-order valence-corrected chi connectivity index (χ4v) is 6.41. The first-order valence-electron chi connectivity index (χ1n) is 10.1. The molecule has 4 bridgehead atoms. The molecule has 3 nitrogen and oxygen atoms in total. The maximum atomic E-state index is 8.88. The molecular formula is C23H29N3. The highest BCUT2D eigenvalue weighted by Crippen LogP contribution is 2.55. The molecule has 0 aromatic heterocycles. The van der Waals surface area contributed by atoms with Crippen molar-refractivity contribution in [1.29, 1.82) is 5.41 Å². The lowest BCUT2D eigenvalue weighted by molar-refractivity contribution is -0.0392. The minimum atomic E-state index is 0.568. The molecule has 3 heteroatoms. The highest BCUT2D eigenvalue weighted by atomic mass is 15.4. The molecule has 26 heavy (non-hydrogen) atoms. The number of rotatable bonds is 2. The van der Waals surface area contributed by atoms with Gasteiger partial charge in [0, 0.05) is 25.8 Å². The van der Waals surface area contributed by atoms with E-state index in [0.717, 1.165) is 29.4 Å². The minimum absolute atomic E-state index is 0.568. The summed E-state index contributed by atoms with van der Waals surface area (Å²) >= 11 is 0. The van der Waals surface area contributed by atoms with Crippen molar-refractivity contribution in [3.05, 3.63) is 42.5 Å². The van der Waals surface area contributed by atoms with Gasteiger partial charge in [-0.15, -0.1) is 0 Å². The first-order chi connectivity index (χ1) is 12.6. The van der Waals surface area contributed by atoms with Crippen molar-refractivity contribution >= 4 is 22.4 Å². The lowest BCUT2D eigenvalue weighted by Crippen LogP contribution is -2.58. The largest absolute Gasteiger partial charge is 0.342 e. The van der Waals surface area contributed by atoms with Crippen molar-refractivity contribution in [1.82, 2.24) is 4.90 Å². The van der Waals surface area contributed by atoms with E-state index in [1.54, 1.807) is 0 Å². The zero-order valence-electron chi connectivity index (χ0n) is 15.9. The predicted molar refractivity (Wildman–Crippen MR) is 109 cm³/mol. The third-order valence-electron chi connectivity index (χ3n) is 7.40. The van der Waals surface area contributed by atoms with Crippen LogP contribution in [0.15, 0.2) is 42.5 Å². The Kier molecular flexibility index (Phi) is 3.73. The van der Waals surface area contributed by atoms with E-state index >= 15 is 0 Å². The van der Waals surface area contributed by atoms with E-state index < -0.39 is 0 Å². The molecule has 0 unspecified atom stereocenters. The zero-order valence-corrected chi connectivity index (χ0v) is 15.9. The summed E-state index contributed by atoms with van der Waals surface area (Å²) in [5.41, 5.74) is 1.10. The van der Waals surface area contributed by atoms with Crippen LogP contribution in [0.4, 0.5) is 5.69 Å². The van der Waals surface area contributed by atoms with E-state index in [9.17, 15) is 0 Å². The normalized spacial score (nSPS) is 32.0. The van der Waals surface area contributed by atoms with Crippen LogP contribution in [0, 0.1) is 29.1 Å². The molecule has 6 rings (SSSR count). The molecule has 2 aromatic carbocycles. The molecule has 0 amide bonds. The van der Waals surface area contributed by atoms with Gasteiger partial charge in [0.15, 0.2) is 5.96 Å². The molecular weight excluding hydrogens is 318 g/mol. The quantitative estimate of drug-likeness (QED) is 0.614. The summed E-state index contributed by atoms with van der Waals surface area (Å²) in [6.45, 7) is 0. The number of benzene rings is 2. The van der Waals surface area contributed by atoms with Crippen molar-refractivity contribution in [2.75, 3.05) is 19.0 Å². The Hall–Kier alpha value is -2.03. The van der Waals surface area contributed by atoms with Crippen LogP contribution in [0.1, 0.15) is 32.1 Å². The monoisotopic (exact) mass is 347 g/mol. The first-order valence-corrected chi connectivity index (χ1v) is 10.1. The smallest absolute Gasteiger partial charge is 0.198 e. The van der Waals surface area contributed by atoms with Gasteiger partial charge in [0.25, 0.3) is 0 Å². The zero-order chi connectivity index (χ0) is 17.8. The van der Waals surface area contributed by atoms with Crippen LogP contribution in [0.5, 0.6) is 0 Å². The maximum Gasteiger partial charge on any atom is 0.198 e. The molecule has 0 saturated heterocycles. The van der Waals surface area contributed by atoms with Crippen molar-refractivity contribution in [2.45, 2.75) is 38.1 Å². The molecule has 0 radical (unpaired) electrons. The first kappa shape index (κ1) is 16.2. The number of guanidine groups is 1. The van der Waals surface area contributed by atoms with Crippen LogP contribution in [-0.4, -0.2) is 31.0 Å². The topological polar surface area (TPSA) is 30.3 Å². The van der Waals surface area contributed by atoms with Crippen LogP contribution in [0.25, 0.3) is 10.8 Å². The fraction of sp³-hybridized carbons (Fsp3) is 0.522. The number of nitrogens with one attached hydrogen (secondary N) is 1. The third kappa shape index (κ3) is 2.52. The van der Waals surface area contributed by atoms with Gasteiger partial charge in [-0.25, -0.2) is 0 Å². The number of hydrogen-bond donors (Lipinski definition) is 1. The van der Waals surface area contributed by atoms with Crippen LogP contribution in [0.3, 0.4) is 0 Å². The van der Waals surface area contributed by atoms with Crippen molar-refractivity contribution in [3.8, 4) is 0 Å². The molecule has 0 heterocycles. The minimum Gasteiger partial charge on any atom is -0.342 e. The van der Waals surface area contributed by atoms with E-state index in [1.807, 2.05) is 7.05 Å². The Morgan fingerprint density at radius 2 is 1.46 bits per heavy atom. The predicted octanol–water partition coefficient (Wildman–Crippen LogP) is 4.97. The van der Waals surface area contributed by atoms with Crippen LogP contribution in [0.2, 0.25) is 0 Å². The lowest BCUT2D eigenvalue weighted by Gasteiger charge is -2.57. The van der Waals surface area contributed by atoms with Gasteiger partial charge >= 0.3 is 0 Å². The van der Waals surface area contributed by atoms with Crippen LogP contribution >= 0.6 is 0 Å². The number of anilines is 1. The molecule has 0 atom stereocenters. The van der Waals surface area contributed by atoms with Gasteiger partial charge in [0.2, 0.25) is 0 Å². The van der Waals surface area contributed by atoms with Gasteiger partial charge < -0.3 is 9.80 Å². The Labute approximate surface area is 156 Å². The van der Waals surface area contributed by atoms with E-state index in [-0.39, 0.29) is 0 Å². The highest BCUT2D eigenvalue weighted by molar-refractivity contribution is 5.96. The number of hydrogen-bond acceptors (Lipinski definition) is 1. The summed E-state index contributed by atoms with van der Waals surface area (Å²) < 4.78 is 0. The molecule has 4 aliphatic carbocycles. The second kappa shape index (κ2) is 6.00. The average Bonchev–Trinajstić information content (AvgIpc) is 2.65. The van der Waals surface area contributed by atoms with Gasteiger partial charge in [-0.05, 0) is 78.7 Å². The molecule has 4 aliphatic rings. The van der Waals surface area contributed by atoms with Crippen molar-refractivity contribution in [3.63, 3.8) is 0 Å². The molecule has 136 valence electrons. The summed E-state index contributed by atoms with van der Waals surface area (Å²) in [4.78, 5) is 4.35. The lowest BCUT2D eigenvalue weighted by atomic mass is 9.54. The van der Waals surface area contributed by atoms with Gasteiger partial charge in [-0.3, -0.25) is 5.41 Å². The van der Waals surface area contributed by atoms with Crippen LogP contribution in [-0.2, 0) is 0 Å². The maximum absolute atomic E-state index is 8.88. The third-order valence-corrected chi connectivity index (χ3v) is 7.40. The second-order valence-corrected chi connectivity index (χ2v) is 8.95. The number of nitrogens with zero attached hydrogens (tertiary/aromatic N) is 2. The molecule has 4 fully saturated rings. The molecule has 0 aliphatic heterocycles. The highest BCUT2D eigenvalue weighted by Gasteiger charge is 2.50. The molecule has 2 aromatic rings.